The van der Waals surface area contributed by atoms with Gasteiger partial charge in [0.2, 0.25) is 5.95 Å². The molecular weight excluding hydrogens is 258 g/mol. The summed E-state index contributed by atoms with van der Waals surface area (Å²) in [6.07, 6.45) is 1.000. The number of carbonyl (C=O) groups is 2. The molecule has 1 fully saturated rings. The lowest BCUT2D eigenvalue weighted by Gasteiger charge is -2.16. The molecule has 2 heterocycles. The normalized spacial score (nSPS) is 22.6. The van der Waals surface area contributed by atoms with E-state index in [1.165, 1.54) is 4.90 Å². The maximum absolute atomic E-state index is 13.5. The van der Waals surface area contributed by atoms with Gasteiger partial charge >= 0.3 is 5.97 Å². The monoisotopic (exact) mass is 270 g/mol. The van der Waals surface area contributed by atoms with E-state index in [4.69, 9.17) is 5.11 Å². The minimum absolute atomic E-state index is 0.00127. The minimum Gasteiger partial charge on any atom is -0.481 e. The van der Waals surface area contributed by atoms with Crippen LogP contribution in [0.2, 0.25) is 0 Å². The van der Waals surface area contributed by atoms with Gasteiger partial charge in [-0.3, -0.25) is 9.59 Å². The average molecular weight is 270 g/mol. The Hall–Kier alpha value is -2.05. The molecule has 0 saturated carbocycles. The number of aromatic nitrogens is 1. The van der Waals surface area contributed by atoms with Gasteiger partial charge in [-0.1, -0.05) is 6.92 Å². The van der Waals surface area contributed by atoms with E-state index in [0.717, 1.165) is 12.3 Å². The van der Waals surface area contributed by atoms with Crippen molar-refractivity contribution in [1.29, 1.82) is 0 Å². The van der Waals surface area contributed by atoms with Crippen molar-refractivity contribution in [3.05, 3.63) is 29.6 Å². The zero-order valence-corrected chi connectivity index (χ0v) is 10.1. The molecule has 19 heavy (non-hydrogen) atoms. The first-order valence-corrected chi connectivity index (χ1v) is 5.74. The van der Waals surface area contributed by atoms with Crippen LogP contribution in [-0.2, 0) is 4.79 Å². The number of pyridine rings is 1. The van der Waals surface area contributed by atoms with E-state index in [2.05, 4.69) is 4.98 Å². The van der Waals surface area contributed by atoms with Crippen molar-refractivity contribution in [1.82, 2.24) is 9.88 Å². The molecule has 1 aromatic rings. The summed E-state index contributed by atoms with van der Waals surface area (Å²) in [6.45, 7) is 1.91. The highest BCUT2D eigenvalue weighted by molar-refractivity contribution is 5.95. The van der Waals surface area contributed by atoms with Crippen LogP contribution >= 0.6 is 0 Å². The Morgan fingerprint density at radius 2 is 2.11 bits per heavy atom. The van der Waals surface area contributed by atoms with E-state index in [1.807, 2.05) is 0 Å². The Balaban J connectivity index is 2.22. The molecule has 0 spiro atoms. The number of carboxylic acids is 1. The number of rotatable bonds is 2. The quantitative estimate of drug-likeness (QED) is 0.818. The van der Waals surface area contributed by atoms with Gasteiger partial charge in [0.25, 0.3) is 5.91 Å². The van der Waals surface area contributed by atoms with Crippen LogP contribution in [0.15, 0.2) is 12.3 Å². The second-order valence-corrected chi connectivity index (χ2v) is 4.60. The van der Waals surface area contributed by atoms with Gasteiger partial charge in [0.05, 0.1) is 11.5 Å². The Labute approximate surface area is 107 Å². The van der Waals surface area contributed by atoms with Crippen LogP contribution in [0.1, 0.15) is 17.3 Å². The fourth-order valence-electron chi connectivity index (χ4n) is 2.21. The van der Waals surface area contributed by atoms with Crippen molar-refractivity contribution in [3.63, 3.8) is 0 Å². The molecule has 0 unspecified atom stereocenters. The molecule has 0 aromatic carbocycles. The molecule has 0 aliphatic carbocycles. The van der Waals surface area contributed by atoms with E-state index < -0.39 is 35.1 Å². The predicted octanol–water partition coefficient (Wildman–Crippen LogP) is 1.15. The first-order chi connectivity index (χ1) is 8.91. The summed E-state index contributed by atoms with van der Waals surface area (Å²) >= 11 is 0. The van der Waals surface area contributed by atoms with Gasteiger partial charge in [-0.05, 0) is 12.0 Å². The summed E-state index contributed by atoms with van der Waals surface area (Å²) in [6, 6.07) is 1.08. The third kappa shape index (κ3) is 2.40. The lowest BCUT2D eigenvalue weighted by molar-refractivity contribution is -0.142. The second kappa shape index (κ2) is 4.91. The number of amides is 1. The third-order valence-corrected chi connectivity index (χ3v) is 3.29. The summed E-state index contributed by atoms with van der Waals surface area (Å²) in [5.74, 6) is -5.26. The molecule has 1 aliphatic rings. The molecule has 1 amide bonds. The maximum atomic E-state index is 13.5. The topological polar surface area (TPSA) is 70.5 Å². The lowest BCUT2D eigenvalue weighted by Crippen LogP contribution is -2.30. The van der Waals surface area contributed by atoms with Gasteiger partial charge in [0.1, 0.15) is 0 Å². The zero-order chi connectivity index (χ0) is 14.2. The fraction of sp³-hybridized carbons (Fsp3) is 0.417. The van der Waals surface area contributed by atoms with Gasteiger partial charge in [-0.25, -0.2) is 9.37 Å². The largest absolute Gasteiger partial charge is 0.481 e. The average Bonchev–Trinajstić information content (AvgIpc) is 2.74. The first-order valence-electron chi connectivity index (χ1n) is 5.74. The molecule has 102 valence electrons. The predicted molar refractivity (Wildman–Crippen MR) is 60.3 cm³/mol. The smallest absolute Gasteiger partial charge is 0.308 e. The number of hydrogen-bond donors (Lipinski definition) is 1. The van der Waals surface area contributed by atoms with Crippen molar-refractivity contribution in [2.45, 2.75) is 6.92 Å². The first kappa shape index (κ1) is 13.4. The fourth-order valence-corrected chi connectivity index (χ4v) is 2.21. The molecule has 1 saturated heterocycles. The van der Waals surface area contributed by atoms with Crippen molar-refractivity contribution >= 4 is 11.9 Å². The van der Waals surface area contributed by atoms with Crippen LogP contribution in [0, 0.1) is 23.6 Å². The highest BCUT2D eigenvalue weighted by Crippen LogP contribution is 2.25. The third-order valence-electron chi connectivity index (χ3n) is 3.29. The molecule has 5 nitrogen and oxygen atoms in total. The minimum atomic E-state index is -1.34. The molecule has 1 aromatic heterocycles. The highest BCUT2D eigenvalue weighted by Gasteiger charge is 2.38. The van der Waals surface area contributed by atoms with E-state index >= 15 is 0 Å². The second-order valence-electron chi connectivity index (χ2n) is 4.60. The lowest BCUT2D eigenvalue weighted by atomic mass is 9.99. The highest BCUT2D eigenvalue weighted by atomic mass is 19.2. The van der Waals surface area contributed by atoms with Crippen LogP contribution in [0.3, 0.4) is 0 Å². The van der Waals surface area contributed by atoms with E-state index in [0.29, 0.717) is 0 Å². The number of carbonyl (C=O) groups excluding carboxylic acids is 1. The zero-order valence-electron chi connectivity index (χ0n) is 10.1. The summed E-state index contributed by atoms with van der Waals surface area (Å²) in [5, 5.41) is 8.97. The van der Waals surface area contributed by atoms with E-state index in [-0.39, 0.29) is 19.0 Å². The van der Waals surface area contributed by atoms with Crippen LogP contribution in [0.5, 0.6) is 0 Å². The number of carboxylic acid groups (broad SMARTS) is 1. The summed E-state index contributed by atoms with van der Waals surface area (Å²) < 4.78 is 26.4. The molecule has 7 heteroatoms. The maximum Gasteiger partial charge on any atom is 0.308 e. The van der Waals surface area contributed by atoms with Crippen LogP contribution in [0.4, 0.5) is 8.78 Å². The van der Waals surface area contributed by atoms with Gasteiger partial charge in [-0.15, -0.1) is 0 Å². The molecule has 1 N–H and O–H groups in total. The van der Waals surface area contributed by atoms with E-state index in [9.17, 15) is 18.4 Å². The number of nitrogens with zero attached hydrogens (tertiary/aromatic N) is 2. The van der Waals surface area contributed by atoms with Crippen molar-refractivity contribution in [3.8, 4) is 0 Å². The molecular formula is C12H12F2N2O3. The molecule has 2 rings (SSSR count). The van der Waals surface area contributed by atoms with Gasteiger partial charge < -0.3 is 10.0 Å². The SMILES string of the molecule is C[C@@H]1CN(C(=O)c2ccnc(F)c2F)C[C@H]1C(=O)O. The van der Waals surface area contributed by atoms with E-state index in [1.54, 1.807) is 6.92 Å². The summed E-state index contributed by atoms with van der Waals surface area (Å²) in [4.78, 5) is 27.3. The molecule has 1 aliphatic heterocycles. The molecule has 0 bridgehead atoms. The number of likely N-dealkylation sites (tertiary alicyclic amines) is 1. The summed E-state index contributed by atoms with van der Waals surface area (Å²) in [7, 11) is 0. The van der Waals surface area contributed by atoms with Crippen LogP contribution in [-0.4, -0.2) is 40.0 Å². The standard InChI is InChI=1S/C12H12F2N2O3/c1-6-4-16(5-8(6)12(18)19)11(17)7-2-3-15-10(14)9(7)13/h2-3,6,8H,4-5H2,1H3,(H,18,19)/t6-,8-/m1/s1. The Kier molecular flexibility index (Phi) is 3.46. The number of aliphatic carboxylic acids is 1. The Morgan fingerprint density at radius 3 is 2.68 bits per heavy atom. The van der Waals surface area contributed by atoms with Crippen LogP contribution in [0.25, 0.3) is 0 Å². The molecule has 0 radical (unpaired) electrons. The molecule has 2 atom stereocenters. The Morgan fingerprint density at radius 1 is 1.42 bits per heavy atom. The number of hydrogen-bond acceptors (Lipinski definition) is 3. The van der Waals surface area contributed by atoms with Gasteiger partial charge in [-0.2, -0.15) is 4.39 Å². The van der Waals surface area contributed by atoms with Gasteiger partial charge in [0, 0.05) is 19.3 Å². The van der Waals surface area contributed by atoms with Crippen molar-refractivity contribution < 1.29 is 23.5 Å². The van der Waals surface area contributed by atoms with Gasteiger partial charge in [0.15, 0.2) is 5.82 Å². The van der Waals surface area contributed by atoms with Crippen LogP contribution < -0.4 is 0 Å². The summed E-state index contributed by atoms with van der Waals surface area (Å²) in [5.41, 5.74) is -0.425. The number of halogens is 2. The Bertz CT molecular complexity index is 536. The van der Waals surface area contributed by atoms with Crippen molar-refractivity contribution in [2.75, 3.05) is 13.1 Å². The van der Waals surface area contributed by atoms with Crippen molar-refractivity contribution in [2.24, 2.45) is 11.8 Å².